The van der Waals surface area contributed by atoms with Crippen molar-refractivity contribution in [1.82, 2.24) is 19.6 Å². The second-order valence-electron chi connectivity index (χ2n) is 8.35. The average Bonchev–Trinajstić information content (AvgIpc) is 2.79. The molecule has 1 saturated heterocycles. The molecule has 1 aliphatic heterocycles. The maximum Gasteiger partial charge on any atom is 0.227 e. The number of aromatic nitrogens is 2. The maximum atomic E-state index is 12.4. The Bertz CT molecular complexity index is 975. The third kappa shape index (κ3) is 5.93. The Labute approximate surface area is 185 Å². The molecule has 31 heavy (non-hydrogen) atoms. The van der Waals surface area contributed by atoms with E-state index in [9.17, 15) is 8.42 Å². The van der Waals surface area contributed by atoms with Crippen molar-refractivity contribution in [3.05, 3.63) is 47.2 Å². The standard InChI is InChI=1S/C22H32N6O2S/c1-27-12-14-28(15-13-27)22-25-20-10-6-5-9-19(20)21(26-22)23-11-16-31(29,30)24-17-18-7-3-2-4-8-18/h2-4,7-8,24H,5-6,9-17H2,1H3,(H,23,25,26). The highest BCUT2D eigenvalue weighted by Gasteiger charge is 2.22. The van der Waals surface area contributed by atoms with Gasteiger partial charge in [0.2, 0.25) is 16.0 Å². The van der Waals surface area contributed by atoms with E-state index in [1.807, 2.05) is 30.3 Å². The lowest BCUT2D eigenvalue weighted by atomic mass is 9.96. The molecule has 2 aromatic rings. The Kier molecular flexibility index (Phi) is 7.04. The molecule has 0 radical (unpaired) electrons. The van der Waals surface area contributed by atoms with Crippen LogP contribution in [0.15, 0.2) is 30.3 Å². The molecule has 1 aromatic carbocycles. The van der Waals surface area contributed by atoms with E-state index in [-0.39, 0.29) is 5.75 Å². The summed E-state index contributed by atoms with van der Waals surface area (Å²) in [7, 11) is -1.25. The molecular weight excluding hydrogens is 412 g/mol. The van der Waals surface area contributed by atoms with Crippen molar-refractivity contribution in [3.8, 4) is 0 Å². The number of benzene rings is 1. The minimum Gasteiger partial charge on any atom is -0.369 e. The summed E-state index contributed by atoms with van der Waals surface area (Å²) in [6.45, 7) is 4.43. The van der Waals surface area contributed by atoms with Gasteiger partial charge in [0.15, 0.2) is 0 Å². The minimum atomic E-state index is -3.38. The summed E-state index contributed by atoms with van der Waals surface area (Å²) >= 11 is 0. The Morgan fingerprint density at radius 3 is 2.52 bits per heavy atom. The molecule has 0 atom stereocenters. The molecule has 0 bridgehead atoms. The highest BCUT2D eigenvalue weighted by atomic mass is 32.2. The fourth-order valence-corrected chi connectivity index (χ4v) is 4.94. The highest BCUT2D eigenvalue weighted by molar-refractivity contribution is 7.89. The van der Waals surface area contributed by atoms with Gasteiger partial charge in [0.05, 0.1) is 11.4 Å². The number of nitrogens with zero attached hydrogens (tertiary/aromatic N) is 4. The molecular formula is C22H32N6O2S. The van der Waals surface area contributed by atoms with E-state index in [1.54, 1.807) is 0 Å². The number of piperazine rings is 1. The third-order valence-corrected chi connectivity index (χ3v) is 7.29. The van der Waals surface area contributed by atoms with Crippen LogP contribution in [0, 0.1) is 0 Å². The van der Waals surface area contributed by atoms with Crippen molar-refractivity contribution in [2.75, 3.05) is 55.7 Å². The third-order valence-electron chi connectivity index (χ3n) is 5.96. The molecule has 0 spiro atoms. The summed E-state index contributed by atoms with van der Waals surface area (Å²) < 4.78 is 27.5. The number of hydrogen-bond acceptors (Lipinski definition) is 7. The monoisotopic (exact) mass is 444 g/mol. The first-order valence-corrected chi connectivity index (χ1v) is 12.7. The molecule has 1 aliphatic carbocycles. The van der Waals surface area contributed by atoms with Gasteiger partial charge in [-0.3, -0.25) is 0 Å². The molecule has 1 aromatic heterocycles. The quantitative estimate of drug-likeness (QED) is 0.640. The van der Waals surface area contributed by atoms with E-state index in [4.69, 9.17) is 9.97 Å². The summed E-state index contributed by atoms with van der Waals surface area (Å²) in [4.78, 5) is 14.2. The zero-order valence-corrected chi connectivity index (χ0v) is 19.0. The van der Waals surface area contributed by atoms with Crippen LogP contribution in [0.2, 0.25) is 0 Å². The molecule has 168 valence electrons. The second kappa shape index (κ2) is 9.93. The van der Waals surface area contributed by atoms with Crippen LogP contribution < -0.4 is 14.9 Å². The summed E-state index contributed by atoms with van der Waals surface area (Å²) in [6, 6.07) is 9.55. The van der Waals surface area contributed by atoms with Crippen molar-refractivity contribution in [2.45, 2.75) is 32.2 Å². The number of nitrogens with one attached hydrogen (secondary N) is 2. The average molecular weight is 445 g/mol. The number of likely N-dealkylation sites (N-methyl/N-ethyl adjacent to an activating group) is 1. The number of hydrogen-bond donors (Lipinski definition) is 2. The molecule has 8 nitrogen and oxygen atoms in total. The van der Waals surface area contributed by atoms with Crippen LogP contribution in [0.5, 0.6) is 0 Å². The van der Waals surface area contributed by atoms with Gasteiger partial charge in [-0.15, -0.1) is 0 Å². The summed E-state index contributed by atoms with van der Waals surface area (Å²) in [6.07, 6.45) is 4.17. The van der Waals surface area contributed by atoms with Gasteiger partial charge in [0.25, 0.3) is 0 Å². The normalized spacial score (nSPS) is 17.4. The van der Waals surface area contributed by atoms with Crippen molar-refractivity contribution in [2.24, 2.45) is 0 Å². The van der Waals surface area contributed by atoms with E-state index >= 15 is 0 Å². The van der Waals surface area contributed by atoms with E-state index in [0.717, 1.165) is 80.4 Å². The molecule has 0 amide bonds. The molecule has 2 aliphatic rings. The Morgan fingerprint density at radius 2 is 1.74 bits per heavy atom. The van der Waals surface area contributed by atoms with Gasteiger partial charge in [-0.25, -0.2) is 18.1 Å². The Balaban J connectivity index is 1.40. The molecule has 4 rings (SSSR count). The summed E-state index contributed by atoms with van der Waals surface area (Å²) in [5.41, 5.74) is 3.21. The van der Waals surface area contributed by atoms with Crippen LogP contribution >= 0.6 is 0 Å². The van der Waals surface area contributed by atoms with Crippen LogP contribution in [0.3, 0.4) is 0 Å². The van der Waals surface area contributed by atoms with Crippen LogP contribution in [-0.4, -0.2) is 68.8 Å². The van der Waals surface area contributed by atoms with Crippen molar-refractivity contribution in [1.29, 1.82) is 0 Å². The summed E-state index contributed by atoms with van der Waals surface area (Å²) in [5, 5.41) is 3.31. The molecule has 1 fully saturated rings. The SMILES string of the molecule is CN1CCN(c2nc3c(c(NCCS(=O)(=O)NCc4ccccc4)n2)CCCC3)CC1. The minimum absolute atomic E-state index is 0.00243. The molecule has 9 heteroatoms. The molecule has 0 saturated carbocycles. The molecule has 2 N–H and O–H groups in total. The molecule has 0 unspecified atom stereocenters. The predicted molar refractivity (Wildman–Crippen MR) is 124 cm³/mol. The first kappa shape index (κ1) is 22.0. The van der Waals surface area contributed by atoms with E-state index in [2.05, 4.69) is 26.9 Å². The summed E-state index contributed by atoms with van der Waals surface area (Å²) in [5.74, 6) is 1.57. The topological polar surface area (TPSA) is 90.5 Å². The van der Waals surface area contributed by atoms with Crippen LogP contribution in [0.4, 0.5) is 11.8 Å². The Hall–Kier alpha value is -2.23. The van der Waals surface area contributed by atoms with Gasteiger partial charge < -0.3 is 15.1 Å². The number of aryl methyl sites for hydroxylation is 1. The van der Waals surface area contributed by atoms with E-state index in [0.29, 0.717) is 13.1 Å². The van der Waals surface area contributed by atoms with Gasteiger partial charge in [0.1, 0.15) is 5.82 Å². The second-order valence-corrected chi connectivity index (χ2v) is 10.3. The smallest absolute Gasteiger partial charge is 0.227 e. The molecule has 2 heterocycles. The van der Waals surface area contributed by atoms with Gasteiger partial charge in [0, 0.05) is 44.8 Å². The lowest BCUT2D eigenvalue weighted by Gasteiger charge is -2.33. The zero-order chi connectivity index (χ0) is 21.7. The van der Waals surface area contributed by atoms with Crippen molar-refractivity contribution < 1.29 is 8.42 Å². The lowest BCUT2D eigenvalue weighted by molar-refractivity contribution is 0.311. The van der Waals surface area contributed by atoms with Crippen molar-refractivity contribution in [3.63, 3.8) is 0 Å². The van der Waals surface area contributed by atoms with Crippen LogP contribution in [-0.2, 0) is 29.4 Å². The highest BCUT2D eigenvalue weighted by Crippen LogP contribution is 2.28. The van der Waals surface area contributed by atoms with Gasteiger partial charge in [-0.05, 0) is 38.3 Å². The van der Waals surface area contributed by atoms with Crippen LogP contribution in [0.1, 0.15) is 29.7 Å². The predicted octanol–water partition coefficient (Wildman–Crippen LogP) is 1.64. The van der Waals surface area contributed by atoms with Gasteiger partial charge in [-0.2, -0.15) is 4.98 Å². The first-order valence-electron chi connectivity index (χ1n) is 11.1. The van der Waals surface area contributed by atoms with Gasteiger partial charge >= 0.3 is 0 Å². The fraction of sp³-hybridized carbons (Fsp3) is 0.545. The largest absolute Gasteiger partial charge is 0.369 e. The number of rotatable bonds is 8. The Morgan fingerprint density at radius 1 is 1.00 bits per heavy atom. The lowest BCUT2D eigenvalue weighted by Crippen LogP contribution is -2.45. The van der Waals surface area contributed by atoms with Gasteiger partial charge in [-0.1, -0.05) is 30.3 Å². The first-order chi connectivity index (χ1) is 15.0. The number of fused-ring (bicyclic) bond motifs is 1. The van der Waals surface area contributed by atoms with Crippen molar-refractivity contribution >= 4 is 21.8 Å². The number of anilines is 2. The number of sulfonamides is 1. The van der Waals surface area contributed by atoms with E-state index < -0.39 is 10.0 Å². The fourth-order valence-electron chi connectivity index (χ4n) is 4.04. The van der Waals surface area contributed by atoms with Crippen LogP contribution in [0.25, 0.3) is 0 Å². The maximum absolute atomic E-state index is 12.4. The van der Waals surface area contributed by atoms with E-state index in [1.165, 1.54) is 0 Å². The zero-order valence-electron chi connectivity index (χ0n) is 18.2.